The first-order valence-corrected chi connectivity index (χ1v) is 16.9. The lowest BCUT2D eigenvalue weighted by Crippen LogP contribution is -2.45. The number of carbonyl (C=O) groups excluding carboxylic acids is 2. The van der Waals surface area contributed by atoms with Gasteiger partial charge in [0.05, 0.1) is 11.1 Å². The van der Waals surface area contributed by atoms with Gasteiger partial charge >= 0.3 is 24.3 Å². The van der Waals surface area contributed by atoms with Crippen molar-refractivity contribution in [2.75, 3.05) is 26.4 Å². The number of hydrogen-bond donors (Lipinski definition) is 2. The van der Waals surface area contributed by atoms with E-state index in [1.165, 1.54) is 24.3 Å². The van der Waals surface area contributed by atoms with Crippen LogP contribution in [0.15, 0.2) is 81.6 Å². The molecule has 0 aliphatic rings. The van der Waals surface area contributed by atoms with Gasteiger partial charge in [-0.15, -0.1) is 0 Å². The lowest BCUT2D eigenvalue weighted by Gasteiger charge is -2.25. The maximum atomic E-state index is 12.9. The minimum absolute atomic E-state index is 0.0263. The molecule has 0 saturated heterocycles. The molecule has 0 radical (unpaired) electrons. The molecule has 4 aromatic rings. The van der Waals surface area contributed by atoms with Gasteiger partial charge in [0.1, 0.15) is 49.4 Å². The highest BCUT2D eigenvalue weighted by Gasteiger charge is 2.32. The Labute approximate surface area is 318 Å². The molecule has 4 rings (SSSR count). The molecule has 0 aliphatic heterocycles. The third-order valence-corrected chi connectivity index (χ3v) is 7.81. The Morgan fingerprint density at radius 3 is 1.39 bits per heavy atom. The van der Waals surface area contributed by atoms with Crippen LogP contribution in [0.2, 0.25) is 0 Å². The van der Waals surface area contributed by atoms with Crippen molar-refractivity contribution in [1.29, 1.82) is 0 Å². The molecular formula is C40H38F6N2O8. The highest BCUT2D eigenvalue weighted by atomic mass is 19.4. The molecule has 4 N–H and O–H groups in total. The molecule has 298 valence electrons. The van der Waals surface area contributed by atoms with Crippen LogP contribution in [0.3, 0.4) is 0 Å². The van der Waals surface area contributed by atoms with Gasteiger partial charge in [0.15, 0.2) is 11.5 Å². The Kier molecular flexibility index (Phi) is 14.3. The van der Waals surface area contributed by atoms with E-state index in [1.54, 1.807) is 38.1 Å². The van der Waals surface area contributed by atoms with E-state index in [2.05, 4.69) is 23.7 Å². The Morgan fingerprint density at radius 2 is 1.02 bits per heavy atom. The van der Waals surface area contributed by atoms with Crippen molar-refractivity contribution < 1.29 is 63.7 Å². The molecule has 0 unspecified atom stereocenters. The number of furan rings is 2. The van der Waals surface area contributed by atoms with Crippen LogP contribution >= 0.6 is 0 Å². The van der Waals surface area contributed by atoms with Crippen LogP contribution in [0.1, 0.15) is 60.9 Å². The fourth-order valence-corrected chi connectivity index (χ4v) is 4.71. The standard InChI is InChI=1S/C40H38F6N2O8/c1-37(47,19-17-31-15-13-29(55-31)11-5-21-51-33-9-3-7-27(23-33)39(41,42)43)25-53-35(49)36(50)54-26-38(2,48)20-18-32-16-14-30(56-32)12-6-22-52-34-10-4-8-28(24-34)40(44,45)46/h3-4,7-10,13-16,23-24H,17-22,25-26,47-48H2,1-2H3/t37-,38-/m1/s1. The monoisotopic (exact) mass is 788 g/mol. The number of ether oxygens (including phenoxy) is 4. The molecule has 0 fully saturated rings. The maximum absolute atomic E-state index is 12.9. The predicted molar refractivity (Wildman–Crippen MR) is 189 cm³/mol. The van der Waals surface area contributed by atoms with Gasteiger partial charge in [-0.3, -0.25) is 0 Å². The van der Waals surface area contributed by atoms with Crippen molar-refractivity contribution in [3.8, 4) is 35.2 Å². The first kappa shape index (κ1) is 42.9. The summed E-state index contributed by atoms with van der Waals surface area (Å²) in [6.45, 7) is 2.30. The summed E-state index contributed by atoms with van der Waals surface area (Å²) in [4.78, 5) is 24.6. The van der Waals surface area contributed by atoms with E-state index in [0.717, 1.165) is 24.3 Å². The second-order valence-corrected chi connectivity index (χ2v) is 13.2. The van der Waals surface area contributed by atoms with Crippen molar-refractivity contribution in [3.05, 3.63) is 107 Å². The van der Waals surface area contributed by atoms with Crippen molar-refractivity contribution in [2.24, 2.45) is 11.5 Å². The fourth-order valence-electron chi connectivity index (χ4n) is 4.71. The minimum Gasteiger partial charge on any atom is -0.481 e. The van der Waals surface area contributed by atoms with E-state index in [1.807, 2.05) is 0 Å². The quantitative estimate of drug-likeness (QED) is 0.0601. The van der Waals surface area contributed by atoms with Gasteiger partial charge in [-0.1, -0.05) is 24.0 Å². The van der Waals surface area contributed by atoms with Crippen molar-refractivity contribution in [1.82, 2.24) is 0 Å². The number of rotatable bonds is 14. The molecule has 0 amide bonds. The van der Waals surface area contributed by atoms with Crippen LogP contribution in [0.5, 0.6) is 11.5 Å². The minimum atomic E-state index is -4.49. The third-order valence-electron chi connectivity index (χ3n) is 7.81. The van der Waals surface area contributed by atoms with Gasteiger partial charge < -0.3 is 39.2 Å². The fraction of sp³-hybridized carbons (Fsp3) is 0.350. The molecule has 2 heterocycles. The first-order valence-electron chi connectivity index (χ1n) is 16.9. The topological polar surface area (TPSA) is 149 Å². The van der Waals surface area contributed by atoms with Crippen LogP contribution in [0.25, 0.3) is 0 Å². The number of alkyl halides is 6. The number of nitrogens with two attached hydrogens (primary N) is 2. The van der Waals surface area contributed by atoms with E-state index in [-0.39, 0.29) is 37.9 Å². The molecule has 2 atom stereocenters. The average Bonchev–Trinajstić information content (AvgIpc) is 3.81. The zero-order valence-electron chi connectivity index (χ0n) is 30.3. The van der Waals surface area contributed by atoms with Gasteiger partial charge in [0.25, 0.3) is 0 Å². The summed E-state index contributed by atoms with van der Waals surface area (Å²) >= 11 is 0. The molecule has 0 aliphatic carbocycles. The van der Waals surface area contributed by atoms with Crippen LogP contribution in [-0.2, 0) is 44.3 Å². The summed E-state index contributed by atoms with van der Waals surface area (Å²) in [6.07, 6.45) is -7.71. The van der Waals surface area contributed by atoms with Gasteiger partial charge in [-0.25, -0.2) is 9.59 Å². The summed E-state index contributed by atoms with van der Waals surface area (Å²) in [5.41, 5.74) is 8.78. The highest BCUT2D eigenvalue weighted by Crippen LogP contribution is 2.32. The molecule has 16 heteroatoms. The third kappa shape index (κ3) is 14.4. The number of halogens is 6. The second-order valence-electron chi connectivity index (χ2n) is 13.2. The van der Waals surface area contributed by atoms with Gasteiger partial charge in [0, 0.05) is 23.9 Å². The summed E-state index contributed by atoms with van der Waals surface area (Å²) in [6, 6.07) is 15.5. The van der Waals surface area contributed by atoms with Gasteiger partial charge in [0.2, 0.25) is 0 Å². The SMILES string of the molecule is C[C@@](N)(CCc1ccc(C#CCOc2cccc(C(F)(F)F)c2)o1)COC(=O)C(=O)OC[C@](C)(N)CCc1ccc(C#CCOc2cccc(C(F)(F)F)c2)o1. The highest BCUT2D eigenvalue weighted by molar-refractivity contribution is 6.29. The Morgan fingerprint density at radius 1 is 0.625 bits per heavy atom. The Bertz CT molecular complexity index is 1930. The molecule has 0 spiro atoms. The van der Waals surface area contributed by atoms with Crippen molar-refractivity contribution in [2.45, 2.75) is 63.0 Å². The number of benzene rings is 2. The number of esters is 2. The molecule has 10 nitrogen and oxygen atoms in total. The summed E-state index contributed by atoms with van der Waals surface area (Å²) in [5, 5.41) is 0. The summed E-state index contributed by atoms with van der Waals surface area (Å²) < 4.78 is 109. The molecule has 2 aromatic carbocycles. The van der Waals surface area contributed by atoms with Crippen LogP contribution in [-0.4, -0.2) is 49.4 Å². The van der Waals surface area contributed by atoms with Gasteiger partial charge in [-0.05, 0) is 99.2 Å². The number of hydrogen-bond acceptors (Lipinski definition) is 10. The maximum Gasteiger partial charge on any atom is 0.417 e. The van der Waals surface area contributed by atoms with E-state index in [0.29, 0.717) is 48.7 Å². The Balaban J connectivity index is 1.12. The van der Waals surface area contributed by atoms with Crippen LogP contribution < -0.4 is 20.9 Å². The molecule has 0 bridgehead atoms. The predicted octanol–water partition coefficient (Wildman–Crippen LogP) is 6.86. The second kappa shape index (κ2) is 18.7. The largest absolute Gasteiger partial charge is 0.481 e. The van der Waals surface area contributed by atoms with Gasteiger partial charge in [-0.2, -0.15) is 26.3 Å². The normalized spacial score (nSPS) is 13.5. The lowest BCUT2D eigenvalue weighted by atomic mass is 9.97. The first-order chi connectivity index (χ1) is 26.3. The molecular weight excluding hydrogens is 750 g/mol. The molecule has 2 aromatic heterocycles. The van der Waals surface area contributed by atoms with Crippen LogP contribution in [0, 0.1) is 23.7 Å². The number of aryl methyl sites for hydroxylation is 2. The van der Waals surface area contributed by atoms with E-state index in [4.69, 9.17) is 39.2 Å². The van der Waals surface area contributed by atoms with E-state index in [9.17, 15) is 35.9 Å². The average molecular weight is 789 g/mol. The smallest absolute Gasteiger partial charge is 0.417 e. The zero-order chi connectivity index (χ0) is 41.0. The van der Waals surface area contributed by atoms with Crippen molar-refractivity contribution in [3.63, 3.8) is 0 Å². The lowest BCUT2D eigenvalue weighted by molar-refractivity contribution is -0.169. The summed E-state index contributed by atoms with van der Waals surface area (Å²) in [5.74, 6) is 10.0. The van der Waals surface area contributed by atoms with E-state index < -0.39 is 46.5 Å². The Hall–Kier alpha value is -5.84. The molecule has 56 heavy (non-hydrogen) atoms. The van der Waals surface area contributed by atoms with Crippen LogP contribution in [0.4, 0.5) is 26.3 Å². The van der Waals surface area contributed by atoms with Crippen molar-refractivity contribution >= 4 is 11.9 Å². The summed E-state index contributed by atoms with van der Waals surface area (Å²) in [7, 11) is 0. The molecule has 0 saturated carbocycles. The number of carbonyl (C=O) groups is 2. The zero-order valence-corrected chi connectivity index (χ0v) is 30.3. The van der Waals surface area contributed by atoms with E-state index >= 15 is 0 Å².